The Hall–Kier alpha value is -4.77. The first-order chi connectivity index (χ1) is 25.3. The van der Waals surface area contributed by atoms with E-state index in [0.717, 1.165) is 39.7 Å². The maximum atomic E-state index is 8.85. The molecule has 0 amide bonds. The van der Waals surface area contributed by atoms with Gasteiger partial charge in [-0.15, -0.1) is 0 Å². The van der Waals surface area contributed by atoms with Crippen molar-refractivity contribution in [1.82, 2.24) is 9.55 Å². The van der Waals surface area contributed by atoms with Gasteiger partial charge in [0.1, 0.15) is 17.3 Å². The zero-order valence-electron chi connectivity index (χ0n) is 33.2. The number of hydrogen-bond donors (Lipinski definition) is 0. The second-order valence-corrected chi connectivity index (χ2v) is 15.1. The Balaban J connectivity index is 1.09. The van der Waals surface area contributed by atoms with Crippen molar-refractivity contribution >= 4 is 33.2 Å². The predicted molar refractivity (Wildman–Crippen MR) is 198 cm³/mol. The zero-order chi connectivity index (χ0) is 37.1. The van der Waals surface area contributed by atoms with Crippen molar-refractivity contribution in [2.45, 2.75) is 58.5 Å². The summed E-state index contributed by atoms with van der Waals surface area (Å²) in [4.78, 5) is 9.33. The number of ether oxygens (including phenoxy) is 1. The fourth-order valence-electron chi connectivity index (χ4n) is 9.10. The average molecular weight is 638 g/mol. The van der Waals surface area contributed by atoms with Crippen molar-refractivity contribution in [2.75, 3.05) is 16.5 Å². The maximum Gasteiger partial charge on any atom is 0.137 e. The van der Waals surface area contributed by atoms with Gasteiger partial charge in [0.05, 0.1) is 36.6 Å². The molecule has 6 atom stereocenters. The van der Waals surface area contributed by atoms with E-state index in [1.807, 2.05) is 24.4 Å². The summed E-state index contributed by atoms with van der Waals surface area (Å²) in [6.45, 7) is 11.7. The first kappa shape index (κ1) is 24.4. The molecule has 9 rings (SSSR count). The van der Waals surface area contributed by atoms with Gasteiger partial charge in [0.15, 0.2) is 0 Å². The Morgan fingerprint density at radius 1 is 0.729 bits per heavy atom. The summed E-state index contributed by atoms with van der Waals surface area (Å²) in [6, 6.07) is 26.1. The number of para-hydroxylation sites is 2. The van der Waals surface area contributed by atoms with E-state index in [-0.39, 0.29) is 47.7 Å². The van der Waals surface area contributed by atoms with E-state index < -0.39 is 0 Å². The topological polar surface area (TPSA) is 33.5 Å². The van der Waals surface area contributed by atoms with Gasteiger partial charge in [-0.25, -0.2) is 4.98 Å². The van der Waals surface area contributed by atoms with Crippen molar-refractivity contribution in [2.24, 2.45) is 23.7 Å². The highest BCUT2D eigenvalue weighted by Crippen LogP contribution is 2.58. The average Bonchev–Trinajstić information content (AvgIpc) is 3.88. The van der Waals surface area contributed by atoms with Gasteiger partial charge in [-0.1, -0.05) is 77.0 Å². The molecule has 6 aromatic rings. The molecule has 3 heterocycles. The van der Waals surface area contributed by atoms with Crippen LogP contribution >= 0.6 is 0 Å². The van der Waals surface area contributed by atoms with Crippen LogP contribution in [0.15, 0.2) is 115 Å². The van der Waals surface area contributed by atoms with Gasteiger partial charge < -0.3 is 14.5 Å². The molecular formula is C43H44N4O. The minimum Gasteiger partial charge on any atom is -0.457 e. The number of benzene rings is 4. The Kier molecular flexibility index (Phi) is 5.53. The number of rotatable bonds is 5. The first-order valence-electron chi connectivity index (χ1n) is 19.7. The minimum atomic E-state index is -0.357. The third-order valence-electron chi connectivity index (χ3n) is 11.6. The standard InChI is InChI=1S/C43H44N4O/c1-27-28(2)37-25-36(27)41-42(37)46(26-45(41)30-12-7-6-8-13-30)31-14-11-15-32(23-31)48-33-18-19-35-34-16-9-10-17-38(34)47(39(35)24-33)40-22-29(20-21-44-40)43(3,4)5/h6-24,27-28,36-37,41-42H,25-26H2,1-5H3/t27?,28?,36?,37-,41?,42-/m0/s1/i6D,7D,8D,12D,13D. The Morgan fingerprint density at radius 3 is 2.21 bits per heavy atom. The van der Waals surface area contributed by atoms with Crippen LogP contribution in [-0.2, 0) is 5.41 Å². The zero-order valence-corrected chi connectivity index (χ0v) is 28.2. The quantitative estimate of drug-likeness (QED) is 0.188. The Bertz CT molecular complexity index is 2410. The smallest absolute Gasteiger partial charge is 0.137 e. The van der Waals surface area contributed by atoms with Crippen LogP contribution in [0.2, 0.25) is 0 Å². The molecule has 5 heteroatoms. The summed E-state index contributed by atoms with van der Waals surface area (Å²) in [6.07, 6.45) is 2.96. The molecule has 242 valence electrons. The third kappa shape index (κ3) is 4.54. The monoisotopic (exact) mass is 637 g/mol. The van der Waals surface area contributed by atoms with Crippen LogP contribution in [0.25, 0.3) is 27.6 Å². The van der Waals surface area contributed by atoms with Gasteiger partial charge in [-0.2, -0.15) is 0 Å². The lowest BCUT2D eigenvalue weighted by Gasteiger charge is -2.39. The van der Waals surface area contributed by atoms with Gasteiger partial charge in [-0.3, -0.25) is 4.57 Å². The van der Waals surface area contributed by atoms with Crippen LogP contribution in [0.1, 0.15) is 53.5 Å². The fourth-order valence-corrected chi connectivity index (χ4v) is 9.10. The van der Waals surface area contributed by atoms with Crippen molar-refractivity contribution in [3.8, 4) is 17.3 Å². The van der Waals surface area contributed by atoms with Crippen molar-refractivity contribution in [3.63, 3.8) is 0 Å². The molecule has 3 fully saturated rings. The molecule has 5 nitrogen and oxygen atoms in total. The second-order valence-electron chi connectivity index (χ2n) is 15.1. The lowest BCUT2D eigenvalue weighted by atomic mass is 9.76. The number of hydrogen-bond acceptors (Lipinski definition) is 4. The highest BCUT2D eigenvalue weighted by Gasteiger charge is 2.61. The SMILES string of the molecule is [2H]c1c([2H])c([2H])c(N2CN(c3cccc(Oc4ccc5c6ccccc6n(-c6cc(C(C)(C)C)ccn6)c5c4)c3)[C@@H]3C2C2C[C@H]3C(C)C2C)c([2H])c1[2H]. The normalized spacial score (nSPS) is 26.4. The van der Waals surface area contributed by atoms with Gasteiger partial charge in [0.2, 0.25) is 0 Å². The van der Waals surface area contributed by atoms with Crippen LogP contribution in [-0.4, -0.2) is 28.3 Å². The highest BCUT2D eigenvalue weighted by atomic mass is 16.5. The third-order valence-corrected chi connectivity index (χ3v) is 11.6. The fraction of sp³-hybridized carbons (Fsp3) is 0.326. The highest BCUT2D eigenvalue weighted by molar-refractivity contribution is 6.09. The van der Waals surface area contributed by atoms with Crippen LogP contribution in [0.5, 0.6) is 11.5 Å². The second kappa shape index (κ2) is 10.9. The number of anilines is 2. The number of nitrogens with zero attached hydrogens (tertiary/aromatic N) is 4. The molecule has 1 saturated heterocycles. The van der Waals surface area contributed by atoms with E-state index >= 15 is 0 Å². The molecule has 2 saturated carbocycles. The van der Waals surface area contributed by atoms with Gasteiger partial charge in [0, 0.05) is 40.5 Å². The molecule has 2 aliphatic carbocycles. The largest absolute Gasteiger partial charge is 0.457 e. The van der Waals surface area contributed by atoms with E-state index in [1.54, 1.807) is 0 Å². The van der Waals surface area contributed by atoms with Crippen molar-refractivity contribution in [1.29, 1.82) is 0 Å². The lowest BCUT2D eigenvalue weighted by Crippen LogP contribution is -2.47. The summed E-state index contributed by atoms with van der Waals surface area (Å²) in [5.41, 5.74) is 4.59. The van der Waals surface area contributed by atoms with Crippen LogP contribution in [0.4, 0.5) is 11.4 Å². The molecular weight excluding hydrogens is 589 g/mol. The molecule has 48 heavy (non-hydrogen) atoms. The molecule has 3 aliphatic rings. The molecule has 4 aromatic carbocycles. The van der Waals surface area contributed by atoms with E-state index in [2.05, 4.69) is 110 Å². The number of pyridine rings is 1. The summed E-state index contributed by atoms with van der Waals surface area (Å²) in [5.74, 6) is 4.12. The summed E-state index contributed by atoms with van der Waals surface area (Å²) in [5, 5.41) is 2.28. The van der Waals surface area contributed by atoms with Crippen molar-refractivity contribution < 1.29 is 11.6 Å². The summed E-state index contributed by atoms with van der Waals surface area (Å²) in [7, 11) is 0. The Morgan fingerprint density at radius 2 is 1.44 bits per heavy atom. The minimum absolute atomic E-state index is 0.0227. The van der Waals surface area contributed by atoms with E-state index in [0.29, 0.717) is 47.5 Å². The summed E-state index contributed by atoms with van der Waals surface area (Å²) < 4.78 is 51.6. The van der Waals surface area contributed by atoms with Gasteiger partial charge in [-0.05, 0) is 95.6 Å². The van der Waals surface area contributed by atoms with Crippen LogP contribution in [0.3, 0.4) is 0 Å². The first-order valence-corrected chi connectivity index (χ1v) is 17.2. The number of aromatic nitrogens is 2. The summed E-state index contributed by atoms with van der Waals surface area (Å²) >= 11 is 0. The molecule has 4 unspecified atom stereocenters. The number of fused-ring (bicyclic) bond motifs is 8. The van der Waals surface area contributed by atoms with E-state index in [4.69, 9.17) is 16.6 Å². The molecule has 1 aliphatic heterocycles. The molecule has 0 spiro atoms. The lowest BCUT2D eigenvalue weighted by molar-refractivity contribution is 0.220. The van der Waals surface area contributed by atoms with Crippen LogP contribution in [0, 0.1) is 23.7 Å². The molecule has 0 N–H and O–H groups in total. The van der Waals surface area contributed by atoms with Crippen LogP contribution < -0.4 is 14.5 Å². The maximum absolute atomic E-state index is 8.85. The molecule has 0 radical (unpaired) electrons. The molecule has 2 aromatic heterocycles. The Labute approximate surface area is 290 Å². The predicted octanol–water partition coefficient (Wildman–Crippen LogP) is 10.2. The van der Waals surface area contributed by atoms with Gasteiger partial charge >= 0.3 is 0 Å². The van der Waals surface area contributed by atoms with E-state index in [9.17, 15) is 0 Å². The molecule has 2 bridgehead atoms. The van der Waals surface area contributed by atoms with Gasteiger partial charge in [0.25, 0.3) is 0 Å². The van der Waals surface area contributed by atoms with E-state index in [1.165, 1.54) is 5.56 Å². The van der Waals surface area contributed by atoms with Crippen molar-refractivity contribution in [3.05, 3.63) is 121 Å².